The molecule has 1 aromatic heterocycles. The van der Waals surface area contributed by atoms with Crippen molar-refractivity contribution in [2.24, 2.45) is 0 Å². The molecule has 1 unspecified atom stereocenters. The van der Waals surface area contributed by atoms with E-state index in [2.05, 4.69) is 22.4 Å². The van der Waals surface area contributed by atoms with Crippen LogP contribution in [0.15, 0.2) is 71.0 Å². The lowest BCUT2D eigenvalue weighted by molar-refractivity contribution is -0.139. The molecule has 0 fully saturated rings. The highest BCUT2D eigenvalue weighted by Crippen LogP contribution is 2.40. The number of hydrogen-bond acceptors (Lipinski definition) is 7. The van der Waals surface area contributed by atoms with Crippen LogP contribution in [0.4, 0.5) is 5.95 Å². The molecule has 7 nitrogen and oxygen atoms in total. The molecule has 0 radical (unpaired) electrons. The van der Waals surface area contributed by atoms with E-state index in [4.69, 9.17) is 14.6 Å². The fraction of sp³-hybridized carbons (Fsp3) is 0.292. The summed E-state index contributed by atoms with van der Waals surface area (Å²) in [5.41, 5.74) is 3.22. The molecule has 2 heterocycles. The maximum Gasteiger partial charge on any atom is 0.338 e. The van der Waals surface area contributed by atoms with Crippen LogP contribution >= 0.6 is 11.8 Å². The van der Waals surface area contributed by atoms with Gasteiger partial charge in [-0.2, -0.15) is 4.98 Å². The quantitative estimate of drug-likeness (QED) is 0.389. The Morgan fingerprint density at radius 3 is 2.59 bits per heavy atom. The number of thioether (sulfide) groups is 1. The van der Waals surface area contributed by atoms with Gasteiger partial charge in [0, 0.05) is 17.0 Å². The zero-order valence-corrected chi connectivity index (χ0v) is 19.2. The summed E-state index contributed by atoms with van der Waals surface area (Å²) in [6.45, 7) is 6.40. The molecule has 0 saturated carbocycles. The summed E-state index contributed by atoms with van der Waals surface area (Å²) in [7, 11) is 0. The lowest BCUT2D eigenvalue weighted by Gasteiger charge is -2.29. The van der Waals surface area contributed by atoms with Crippen molar-refractivity contribution in [3.63, 3.8) is 0 Å². The summed E-state index contributed by atoms with van der Waals surface area (Å²) in [4.78, 5) is 17.6. The number of fused-ring (bicyclic) bond motifs is 1. The van der Waals surface area contributed by atoms with Gasteiger partial charge in [0.05, 0.1) is 18.8 Å². The predicted octanol–water partition coefficient (Wildman–Crippen LogP) is 4.82. The number of rotatable bonds is 8. The number of anilines is 1. The van der Waals surface area contributed by atoms with Crippen molar-refractivity contribution in [2.75, 3.05) is 18.5 Å². The van der Waals surface area contributed by atoms with Crippen LogP contribution in [0, 0.1) is 0 Å². The van der Waals surface area contributed by atoms with Gasteiger partial charge in [-0.1, -0.05) is 60.3 Å². The Morgan fingerprint density at radius 1 is 1.09 bits per heavy atom. The van der Waals surface area contributed by atoms with E-state index in [1.165, 1.54) is 5.56 Å². The third kappa shape index (κ3) is 4.50. The number of carbonyl (C=O) groups is 1. The van der Waals surface area contributed by atoms with Crippen LogP contribution in [0.2, 0.25) is 0 Å². The second kappa shape index (κ2) is 9.91. The minimum atomic E-state index is -0.508. The van der Waals surface area contributed by atoms with E-state index in [0.717, 1.165) is 11.3 Å². The van der Waals surface area contributed by atoms with E-state index in [1.54, 1.807) is 23.4 Å². The van der Waals surface area contributed by atoms with Gasteiger partial charge in [-0.25, -0.2) is 9.48 Å². The van der Waals surface area contributed by atoms with Gasteiger partial charge >= 0.3 is 5.97 Å². The number of hydrogen-bond donors (Lipinski definition) is 1. The van der Waals surface area contributed by atoms with Crippen LogP contribution in [-0.2, 0) is 15.3 Å². The van der Waals surface area contributed by atoms with Crippen molar-refractivity contribution in [1.29, 1.82) is 0 Å². The zero-order valence-electron chi connectivity index (χ0n) is 18.4. The van der Waals surface area contributed by atoms with Gasteiger partial charge in [-0.3, -0.25) is 0 Å². The maximum atomic E-state index is 13.0. The number of nitrogens with one attached hydrogen (secondary N) is 1. The predicted molar refractivity (Wildman–Crippen MR) is 125 cm³/mol. The molecule has 8 heteroatoms. The Labute approximate surface area is 191 Å². The lowest BCUT2D eigenvalue weighted by Crippen LogP contribution is -2.30. The molecule has 1 aliphatic rings. The highest BCUT2D eigenvalue weighted by molar-refractivity contribution is 7.98. The molecular weight excluding hydrogens is 424 g/mol. The first-order chi connectivity index (χ1) is 15.6. The van der Waals surface area contributed by atoms with Gasteiger partial charge in [0.25, 0.3) is 0 Å². The average Bonchev–Trinajstić information content (AvgIpc) is 3.21. The van der Waals surface area contributed by atoms with Crippen molar-refractivity contribution >= 4 is 23.7 Å². The first-order valence-corrected chi connectivity index (χ1v) is 11.6. The summed E-state index contributed by atoms with van der Waals surface area (Å²) >= 11 is 1.55. The molecule has 1 aliphatic heterocycles. The molecule has 166 valence electrons. The van der Waals surface area contributed by atoms with E-state index < -0.39 is 6.04 Å². The normalized spacial score (nSPS) is 15.2. The highest BCUT2D eigenvalue weighted by atomic mass is 32.2. The van der Waals surface area contributed by atoms with Gasteiger partial charge in [0.2, 0.25) is 11.1 Å². The molecular formula is C24H26N4O3S. The smallest absolute Gasteiger partial charge is 0.338 e. The zero-order chi connectivity index (χ0) is 22.5. The van der Waals surface area contributed by atoms with Crippen LogP contribution < -0.4 is 10.1 Å². The first kappa shape index (κ1) is 22.0. The fourth-order valence-corrected chi connectivity index (χ4v) is 4.45. The number of carbonyl (C=O) groups excluding carboxylic acids is 1. The van der Waals surface area contributed by atoms with Gasteiger partial charge in [0.15, 0.2) is 0 Å². The standard InChI is InChI=1S/C24H26N4O3S/c1-4-30-19-14-10-9-13-18(19)21-20(22(29)31-5-2)16(3)25-23-26-24(27-28(21)23)32-15-17-11-7-6-8-12-17/h6-14,21H,4-5,15H2,1-3H3,(H,25,26,27). The summed E-state index contributed by atoms with van der Waals surface area (Å²) < 4.78 is 13.0. The van der Waals surface area contributed by atoms with Gasteiger partial charge in [-0.05, 0) is 32.4 Å². The van der Waals surface area contributed by atoms with Crippen LogP contribution in [0.1, 0.15) is 37.9 Å². The van der Waals surface area contributed by atoms with Crippen molar-refractivity contribution in [2.45, 2.75) is 37.7 Å². The highest BCUT2D eigenvalue weighted by Gasteiger charge is 2.36. The Kier molecular flexibility index (Phi) is 6.80. The summed E-state index contributed by atoms with van der Waals surface area (Å²) in [6.07, 6.45) is 0. The Hall–Kier alpha value is -3.26. The van der Waals surface area contributed by atoms with Crippen LogP contribution in [0.25, 0.3) is 0 Å². The van der Waals surface area contributed by atoms with E-state index in [9.17, 15) is 4.79 Å². The largest absolute Gasteiger partial charge is 0.494 e. The van der Waals surface area contributed by atoms with E-state index in [1.807, 2.05) is 56.3 Å². The summed E-state index contributed by atoms with van der Waals surface area (Å²) in [5, 5.41) is 8.63. The second-order valence-corrected chi connectivity index (χ2v) is 8.14. The minimum absolute atomic E-state index is 0.290. The fourth-order valence-electron chi connectivity index (χ4n) is 3.67. The van der Waals surface area contributed by atoms with Crippen molar-refractivity contribution in [3.05, 3.63) is 77.0 Å². The number of esters is 1. The average molecular weight is 451 g/mol. The molecule has 1 atom stereocenters. The molecule has 0 spiro atoms. The number of benzene rings is 2. The number of allylic oxidation sites excluding steroid dienone is 1. The van der Waals surface area contributed by atoms with Crippen LogP contribution in [0.5, 0.6) is 5.75 Å². The summed E-state index contributed by atoms with van der Waals surface area (Å²) in [5.74, 6) is 1.66. The van der Waals surface area contributed by atoms with Gasteiger partial charge in [-0.15, -0.1) is 5.10 Å². The van der Waals surface area contributed by atoms with Crippen LogP contribution in [-0.4, -0.2) is 33.9 Å². The maximum absolute atomic E-state index is 13.0. The van der Waals surface area contributed by atoms with Crippen molar-refractivity contribution in [1.82, 2.24) is 14.8 Å². The first-order valence-electron chi connectivity index (χ1n) is 10.6. The number of para-hydroxylation sites is 1. The van der Waals surface area contributed by atoms with Crippen LogP contribution in [0.3, 0.4) is 0 Å². The van der Waals surface area contributed by atoms with Crippen molar-refractivity contribution in [3.8, 4) is 5.75 Å². The molecule has 2 aromatic carbocycles. The van der Waals surface area contributed by atoms with Gasteiger partial charge < -0.3 is 14.8 Å². The monoisotopic (exact) mass is 450 g/mol. The molecule has 0 amide bonds. The van der Waals surface area contributed by atoms with E-state index in [0.29, 0.717) is 34.7 Å². The number of nitrogens with zero attached hydrogens (tertiary/aromatic N) is 3. The Morgan fingerprint density at radius 2 is 1.84 bits per heavy atom. The minimum Gasteiger partial charge on any atom is -0.494 e. The third-order valence-electron chi connectivity index (χ3n) is 5.05. The second-order valence-electron chi connectivity index (χ2n) is 7.19. The lowest BCUT2D eigenvalue weighted by atomic mass is 9.95. The van der Waals surface area contributed by atoms with Gasteiger partial charge in [0.1, 0.15) is 11.8 Å². The van der Waals surface area contributed by atoms with E-state index in [-0.39, 0.29) is 12.6 Å². The van der Waals surface area contributed by atoms with E-state index >= 15 is 0 Å². The number of ether oxygens (including phenoxy) is 2. The molecule has 0 aliphatic carbocycles. The van der Waals surface area contributed by atoms with Crippen molar-refractivity contribution < 1.29 is 14.3 Å². The molecule has 4 rings (SSSR count). The molecule has 0 bridgehead atoms. The summed E-state index contributed by atoms with van der Waals surface area (Å²) in [6, 6.07) is 17.4. The number of aromatic nitrogens is 3. The Balaban J connectivity index is 1.74. The molecule has 0 saturated heterocycles. The SMILES string of the molecule is CCOC(=O)C1=C(C)Nc2nc(SCc3ccccc3)nn2C1c1ccccc1OCC. The molecule has 32 heavy (non-hydrogen) atoms. The Bertz CT molecular complexity index is 1130. The topological polar surface area (TPSA) is 78.3 Å². The molecule has 3 aromatic rings. The third-order valence-corrected chi connectivity index (χ3v) is 5.96. The molecule has 1 N–H and O–H groups in total.